The number of sulfonamides is 1. The predicted molar refractivity (Wildman–Crippen MR) is 144 cm³/mol. The van der Waals surface area contributed by atoms with E-state index in [1.807, 2.05) is 30.3 Å². The normalized spacial score (nSPS) is 14.8. The molecule has 0 bridgehead atoms. The molecule has 0 unspecified atom stereocenters. The zero-order valence-corrected chi connectivity index (χ0v) is 21.7. The van der Waals surface area contributed by atoms with E-state index >= 15 is 0 Å². The van der Waals surface area contributed by atoms with Gasteiger partial charge in [0.1, 0.15) is 10.9 Å². The lowest BCUT2D eigenvalue weighted by molar-refractivity contribution is -0.126. The van der Waals surface area contributed by atoms with Crippen LogP contribution in [0.4, 0.5) is 11.6 Å². The summed E-state index contributed by atoms with van der Waals surface area (Å²) in [6, 6.07) is 16.7. The summed E-state index contributed by atoms with van der Waals surface area (Å²) >= 11 is 6.42. The van der Waals surface area contributed by atoms with E-state index in [0.29, 0.717) is 26.3 Å². The summed E-state index contributed by atoms with van der Waals surface area (Å²) in [4.78, 5) is 35.1. The van der Waals surface area contributed by atoms with E-state index in [2.05, 4.69) is 20.0 Å². The molecule has 3 aromatic rings. The Morgan fingerprint density at radius 3 is 2.33 bits per heavy atom. The van der Waals surface area contributed by atoms with Crippen molar-refractivity contribution in [2.75, 3.05) is 16.6 Å². The Hall–Kier alpha value is -3.61. The van der Waals surface area contributed by atoms with Gasteiger partial charge < -0.3 is 5.32 Å². The van der Waals surface area contributed by atoms with Crippen LogP contribution >= 0.6 is 24.0 Å². The molecule has 0 aliphatic carbocycles. The molecule has 0 atom stereocenters. The monoisotopic (exact) mass is 539 g/mol. The SMILES string of the molecule is Cc1cc(C)nc(NS(=O)(=O)c2ccc(NC(=O)CN3C(=O)C(=Cc4ccccc4)SC3=S)cc2)n1. The van der Waals surface area contributed by atoms with Crippen molar-refractivity contribution in [2.24, 2.45) is 0 Å². The lowest BCUT2D eigenvalue weighted by Crippen LogP contribution is -2.36. The average molecular weight is 540 g/mol. The third-order valence-electron chi connectivity index (χ3n) is 4.93. The molecule has 2 aromatic carbocycles. The molecule has 0 radical (unpaired) electrons. The number of nitrogens with one attached hydrogen (secondary N) is 2. The summed E-state index contributed by atoms with van der Waals surface area (Å²) in [5.74, 6) is -0.829. The summed E-state index contributed by atoms with van der Waals surface area (Å²) < 4.78 is 28.0. The average Bonchev–Trinajstić information content (AvgIpc) is 3.06. The quantitative estimate of drug-likeness (QED) is 0.344. The number of thioether (sulfide) groups is 1. The summed E-state index contributed by atoms with van der Waals surface area (Å²) in [6.07, 6.45) is 1.73. The summed E-state index contributed by atoms with van der Waals surface area (Å²) in [6.45, 7) is 3.22. The van der Waals surface area contributed by atoms with E-state index in [1.54, 1.807) is 26.0 Å². The Labute approximate surface area is 218 Å². The highest BCUT2D eigenvalue weighted by Gasteiger charge is 2.33. The first-order valence-corrected chi connectivity index (χ1v) is 13.4. The second kappa shape index (κ2) is 10.6. The van der Waals surface area contributed by atoms with Gasteiger partial charge in [0.05, 0.1) is 9.80 Å². The van der Waals surface area contributed by atoms with Gasteiger partial charge in [0.2, 0.25) is 11.9 Å². The lowest BCUT2D eigenvalue weighted by Gasteiger charge is -2.14. The van der Waals surface area contributed by atoms with Gasteiger partial charge in [-0.1, -0.05) is 54.3 Å². The number of benzene rings is 2. The van der Waals surface area contributed by atoms with Gasteiger partial charge in [0, 0.05) is 17.1 Å². The number of aryl methyl sites for hydroxylation is 2. The molecule has 12 heteroatoms. The third-order valence-corrected chi connectivity index (χ3v) is 7.65. The van der Waals surface area contributed by atoms with Crippen LogP contribution < -0.4 is 10.0 Å². The molecule has 1 aromatic heterocycles. The molecule has 1 fully saturated rings. The fraction of sp³-hybridized carbons (Fsp3) is 0.125. The summed E-state index contributed by atoms with van der Waals surface area (Å²) in [7, 11) is -3.92. The highest BCUT2D eigenvalue weighted by atomic mass is 32.2. The highest BCUT2D eigenvalue weighted by molar-refractivity contribution is 8.26. The number of thiocarbonyl (C=S) groups is 1. The molecule has 1 saturated heterocycles. The van der Waals surface area contributed by atoms with E-state index in [0.717, 1.165) is 17.3 Å². The first kappa shape index (κ1) is 25.5. The number of hydrogen-bond donors (Lipinski definition) is 2. The number of carbonyl (C=O) groups excluding carboxylic acids is 2. The third kappa shape index (κ3) is 6.14. The van der Waals surface area contributed by atoms with E-state index in [4.69, 9.17) is 12.2 Å². The molecule has 2 amide bonds. The Balaban J connectivity index is 1.39. The maximum atomic E-state index is 12.7. The maximum Gasteiger partial charge on any atom is 0.266 e. The fourth-order valence-corrected chi connectivity index (χ4v) is 5.55. The molecular weight excluding hydrogens is 518 g/mol. The molecule has 0 saturated carbocycles. The topological polar surface area (TPSA) is 121 Å². The van der Waals surface area contributed by atoms with Crippen LogP contribution in [0.3, 0.4) is 0 Å². The van der Waals surface area contributed by atoms with Gasteiger partial charge in [-0.3, -0.25) is 14.5 Å². The minimum absolute atomic E-state index is 0.0188. The van der Waals surface area contributed by atoms with Crippen molar-refractivity contribution in [3.63, 3.8) is 0 Å². The Kier molecular flexibility index (Phi) is 7.48. The van der Waals surface area contributed by atoms with Crippen LogP contribution in [0.5, 0.6) is 0 Å². The van der Waals surface area contributed by atoms with Crippen LogP contribution in [0.2, 0.25) is 0 Å². The Morgan fingerprint density at radius 1 is 1.06 bits per heavy atom. The standard InChI is InChI=1S/C24H21N5O4S3/c1-15-12-16(2)26-23(25-15)28-36(32,33)19-10-8-18(9-11-19)27-21(30)14-29-22(31)20(35-24(29)34)13-17-6-4-3-5-7-17/h3-13H,14H2,1-2H3,(H,27,30)(H,25,26,28). The van der Waals surface area contributed by atoms with Crippen molar-refractivity contribution < 1.29 is 18.0 Å². The molecular formula is C24H21N5O4S3. The second-order valence-electron chi connectivity index (χ2n) is 7.83. The number of nitrogens with zero attached hydrogens (tertiary/aromatic N) is 3. The van der Waals surface area contributed by atoms with Crippen LogP contribution in [0.15, 0.2) is 70.5 Å². The van der Waals surface area contributed by atoms with Crippen LogP contribution in [-0.2, 0) is 19.6 Å². The highest BCUT2D eigenvalue weighted by Crippen LogP contribution is 2.32. The molecule has 1 aliphatic heterocycles. The lowest BCUT2D eigenvalue weighted by atomic mass is 10.2. The molecule has 9 nitrogen and oxygen atoms in total. The molecule has 2 N–H and O–H groups in total. The molecule has 36 heavy (non-hydrogen) atoms. The number of rotatable bonds is 7. The molecule has 1 aliphatic rings. The van der Waals surface area contributed by atoms with E-state index in [9.17, 15) is 18.0 Å². The van der Waals surface area contributed by atoms with Gasteiger partial charge in [-0.15, -0.1) is 0 Å². The summed E-state index contributed by atoms with van der Waals surface area (Å²) in [5, 5.41) is 2.66. The van der Waals surface area contributed by atoms with Crippen molar-refractivity contribution in [1.82, 2.24) is 14.9 Å². The van der Waals surface area contributed by atoms with Crippen LogP contribution in [-0.4, -0.2) is 46.0 Å². The van der Waals surface area contributed by atoms with Crippen molar-refractivity contribution in [3.05, 3.63) is 82.5 Å². The first-order chi connectivity index (χ1) is 17.1. The molecule has 2 heterocycles. The van der Waals surface area contributed by atoms with E-state index in [1.165, 1.54) is 29.2 Å². The van der Waals surface area contributed by atoms with Crippen LogP contribution in [0.1, 0.15) is 17.0 Å². The molecule has 184 valence electrons. The fourth-order valence-electron chi connectivity index (χ4n) is 3.35. The van der Waals surface area contributed by atoms with Crippen LogP contribution in [0, 0.1) is 13.8 Å². The van der Waals surface area contributed by atoms with Crippen molar-refractivity contribution in [1.29, 1.82) is 0 Å². The predicted octanol–water partition coefficient (Wildman–Crippen LogP) is 3.73. The Bertz CT molecular complexity index is 1450. The number of aromatic nitrogens is 2. The molecule has 0 spiro atoms. The van der Waals surface area contributed by atoms with Gasteiger partial charge in [-0.25, -0.2) is 23.1 Å². The second-order valence-corrected chi connectivity index (χ2v) is 11.2. The van der Waals surface area contributed by atoms with Crippen molar-refractivity contribution >= 4 is 67.8 Å². The zero-order valence-electron chi connectivity index (χ0n) is 19.3. The largest absolute Gasteiger partial charge is 0.325 e. The first-order valence-electron chi connectivity index (χ1n) is 10.7. The van der Waals surface area contributed by atoms with Gasteiger partial charge in [0.15, 0.2) is 0 Å². The van der Waals surface area contributed by atoms with Gasteiger partial charge in [-0.05, 0) is 55.8 Å². The number of amides is 2. The van der Waals surface area contributed by atoms with E-state index < -0.39 is 15.9 Å². The van der Waals surface area contributed by atoms with Crippen molar-refractivity contribution in [2.45, 2.75) is 18.7 Å². The summed E-state index contributed by atoms with van der Waals surface area (Å²) in [5.41, 5.74) is 2.49. The number of carbonyl (C=O) groups is 2. The Morgan fingerprint density at radius 2 is 1.69 bits per heavy atom. The minimum atomic E-state index is -3.92. The minimum Gasteiger partial charge on any atom is -0.325 e. The maximum absolute atomic E-state index is 12.7. The van der Waals surface area contributed by atoms with Gasteiger partial charge in [0.25, 0.3) is 15.9 Å². The van der Waals surface area contributed by atoms with E-state index in [-0.39, 0.29) is 23.3 Å². The number of hydrogen-bond acceptors (Lipinski definition) is 8. The van der Waals surface area contributed by atoms with Crippen LogP contribution in [0.25, 0.3) is 6.08 Å². The van der Waals surface area contributed by atoms with Crippen molar-refractivity contribution in [3.8, 4) is 0 Å². The smallest absolute Gasteiger partial charge is 0.266 e. The van der Waals surface area contributed by atoms with Gasteiger partial charge >= 0.3 is 0 Å². The van der Waals surface area contributed by atoms with Gasteiger partial charge in [-0.2, -0.15) is 0 Å². The zero-order chi connectivity index (χ0) is 25.9. The molecule has 4 rings (SSSR count). The number of anilines is 2.